The molecule has 1 unspecified atom stereocenters. The minimum atomic E-state index is -0.241. The molecule has 1 aliphatic carbocycles. The molecule has 1 aliphatic heterocycles. The van der Waals surface area contributed by atoms with Crippen LogP contribution in [0, 0.1) is 0 Å². The van der Waals surface area contributed by atoms with Crippen LogP contribution in [-0.2, 0) is 9.53 Å². The number of amides is 1. The first-order chi connectivity index (χ1) is 6.62. The number of hydrogen-bond donors (Lipinski definition) is 1. The van der Waals surface area contributed by atoms with Crippen molar-refractivity contribution in [2.45, 2.75) is 31.0 Å². The lowest BCUT2D eigenvalue weighted by molar-refractivity contribution is -0.122. The average Bonchev–Trinajstić information content (AvgIpc) is 2.84. The lowest BCUT2D eigenvalue weighted by Crippen LogP contribution is -2.55. The van der Waals surface area contributed by atoms with Gasteiger partial charge in [-0.15, -0.1) is 0 Å². The van der Waals surface area contributed by atoms with Crippen LogP contribution >= 0.6 is 11.6 Å². The Kier molecular flexibility index (Phi) is 2.68. The molecule has 1 saturated carbocycles. The van der Waals surface area contributed by atoms with Gasteiger partial charge in [0.1, 0.15) is 5.56 Å². The first-order valence-corrected chi connectivity index (χ1v) is 5.35. The van der Waals surface area contributed by atoms with E-state index >= 15 is 0 Å². The molecule has 80 valence electrons. The maximum atomic E-state index is 11.0. The van der Waals surface area contributed by atoms with Gasteiger partial charge in [-0.25, -0.2) is 0 Å². The van der Waals surface area contributed by atoms with Crippen molar-refractivity contribution in [3.05, 3.63) is 0 Å². The summed E-state index contributed by atoms with van der Waals surface area (Å²) in [5, 5.41) is 2.99. The van der Waals surface area contributed by atoms with Gasteiger partial charge in [0.15, 0.2) is 0 Å². The molecule has 0 aromatic heterocycles. The first-order valence-electron chi connectivity index (χ1n) is 4.92. The van der Waals surface area contributed by atoms with Crippen LogP contribution in [0.4, 0.5) is 0 Å². The normalized spacial score (nSPS) is 31.1. The van der Waals surface area contributed by atoms with E-state index in [4.69, 9.17) is 16.3 Å². The molecule has 5 heteroatoms. The molecule has 0 radical (unpaired) electrons. The Morgan fingerprint density at radius 2 is 2.36 bits per heavy atom. The number of nitrogens with zero attached hydrogens (tertiary/aromatic N) is 1. The zero-order valence-electron chi connectivity index (χ0n) is 8.25. The van der Waals surface area contributed by atoms with Crippen molar-refractivity contribution >= 4 is 17.5 Å². The standard InChI is InChI=1S/C9H15ClN2O2/c1-7(13)11-9(2-3-9)12-4-5-14-8(10)6-12/h8H,2-6H2,1H3,(H,11,13). The summed E-state index contributed by atoms with van der Waals surface area (Å²) in [6.45, 7) is 3.75. The third kappa shape index (κ3) is 2.02. The third-order valence-corrected chi connectivity index (χ3v) is 3.03. The van der Waals surface area contributed by atoms with Crippen LogP contribution in [0.2, 0.25) is 0 Å². The summed E-state index contributed by atoms with van der Waals surface area (Å²) in [5.41, 5.74) is -0.349. The van der Waals surface area contributed by atoms with Crippen LogP contribution in [0.3, 0.4) is 0 Å². The molecule has 1 atom stereocenters. The summed E-state index contributed by atoms with van der Waals surface area (Å²) in [4.78, 5) is 13.2. The molecule has 1 heterocycles. The van der Waals surface area contributed by atoms with E-state index in [1.165, 1.54) is 0 Å². The van der Waals surface area contributed by atoms with Crippen molar-refractivity contribution in [1.82, 2.24) is 10.2 Å². The molecule has 1 N–H and O–H groups in total. The highest BCUT2D eigenvalue weighted by Gasteiger charge is 2.49. The molecule has 1 saturated heterocycles. The van der Waals surface area contributed by atoms with Gasteiger partial charge in [0, 0.05) is 20.0 Å². The van der Waals surface area contributed by atoms with Crippen molar-refractivity contribution in [2.24, 2.45) is 0 Å². The highest BCUT2D eigenvalue weighted by atomic mass is 35.5. The fourth-order valence-electron chi connectivity index (χ4n) is 1.96. The predicted molar refractivity (Wildman–Crippen MR) is 52.9 cm³/mol. The summed E-state index contributed by atoms with van der Waals surface area (Å²) in [7, 11) is 0. The number of morpholine rings is 1. The molecule has 2 fully saturated rings. The van der Waals surface area contributed by atoms with Crippen LogP contribution in [0.25, 0.3) is 0 Å². The average molecular weight is 219 g/mol. The zero-order chi connectivity index (χ0) is 10.2. The topological polar surface area (TPSA) is 41.6 Å². The molecule has 0 aromatic rings. The number of alkyl halides is 1. The predicted octanol–water partition coefficient (Wildman–Crippen LogP) is 0.510. The van der Waals surface area contributed by atoms with Gasteiger partial charge in [0.2, 0.25) is 5.91 Å². The summed E-state index contributed by atoms with van der Waals surface area (Å²) in [6, 6.07) is 0. The van der Waals surface area contributed by atoms with Gasteiger partial charge in [-0.05, 0) is 12.8 Å². The lowest BCUT2D eigenvalue weighted by Gasteiger charge is -2.36. The number of rotatable bonds is 2. The molecule has 14 heavy (non-hydrogen) atoms. The zero-order valence-corrected chi connectivity index (χ0v) is 9.01. The second-order valence-electron chi connectivity index (χ2n) is 3.94. The number of hydrogen-bond acceptors (Lipinski definition) is 3. The summed E-state index contributed by atoms with van der Waals surface area (Å²) >= 11 is 5.91. The van der Waals surface area contributed by atoms with Gasteiger partial charge in [-0.1, -0.05) is 11.6 Å². The van der Waals surface area contributed by atoms with Crippen molar-refractivity contribution in [2.75, 3.05) is 19.7 Å². The van der Waals surface area contributed by atoms with Crippen LogP contribution in [-0.4, -0.2) is 41.7 Å². The van der Waals surface area contributed by atoms with Gasteiger partial charge in [-0.2, -0.15) is 0 Å². The Morgan fingerprint density at radius 1 is 1.64 bits per heavy atom. The second-order valence-corrected chi connectivity index (χ2v) is 4.43. The van der Waals surface area contributed by atoms with Crippen molar-refractivity contribution in [1.29, 1.82) is 0 Å². The Balaban J connectivity index is 1.96. The van der Waals surface area contributed by atoms with Crippen molar-refractivity contribution < 1.29 is 9.53 Å². The number of ether oxygens (including phenoxy) is 1. The smallest absolute Gasteiger partial charge is 0.218 e. The van der Waals surface area contributed by atoms with E-state index in [-0.39, 0.29) is 17.1 Å². The minimum absolute atomic E-state index is 0.0279. The Hall–Kier alpha value is -0.320. The summed E-state index contributed by atoms with van der Waals surface area (Å²) in [6.07, 6.45) is 2.05. The Bertz CT molecular complexity index is 243. The maximum absolute atomic E-state index is 11.0. The third-order valence-electron chi connectivity index (χ3n) is 2.76. The molecule has 0 bridgehead atoms. The molecule has 1 amide bonds. The first kappa shape index (κ1) is 10.2. The molecule has 2 aliphatic rings. The van der Waals surface area contributed by atoms with E-state index < -0.39 is 0 Å². The number of carbonyl (C=O) groups excluding carboxylic acids is 1. The Morgan fingerprint density at radius 3 is 2.86 bits per heavy atom. The maximum Gasteiger partial charge on any atom is 0.218 e. The van der Waals surface area contributed by atoms with E-state index in [1.807, 2.05) is 0 Å². The molecule has 4 nitrogen and oxygen atoms in total. The van der Waals surface area contributed by atoms with Crippen LogP contribution in [0.15, 0.2) is 0 Å². The Labute approximate surface area is 88.5 Å². The fraction of sp³-hybridized carbons (Fsp3) is 0.889. The lowest BCUT2D eigenvalue weighted by atomic mass is 10.3. The molecule has 0 spiro atoms. The van der Waals surface area contributed by atoms with Crippen LogP contribution in [0.1, 0.15) is 19.8 Å². The van der Waals surface area contributed by atoms with Gasteiger partial charge in [-0.3, -0.25) is 9.69 Å². The van der Waals surface area contributed by atoms with Crippen molar-refractivity contribution in [3.63, 3.8) is 0 Å². The number of halogens is 1. The summed E-state index contributed by atoms with van der Waals surface area (Å²) in [5.74, 6) is 0.0279. The van der Waals surface area contributed by atoms with Gasteiger partial charge >= 0.3 is 0 Å². The van der Waals surface area contributed by atoms with Crippen LogP contribution < -0.4 is 5.32 Å². The van der Waals surface area contributed by atoms with E-state index in [0.29, 0.717) is 13.2 Å². The highest BCUT2D eigenvalue weighted by Crippen LogP contribution is 2.39. The molecule has 2 rings (SSSR count). The largest absolute Gasteiger partial charge is 0.360 e. The second kappa shape index (κ2) is 3.68. The molecule has 0 aromatic carbocycles. The summed E-state index contributed by atoms with van der Waals surface area (Å²) < 4.78 is 5.25. The minimum Gasteiger partial charge on any atom is -0.360 e. The SMILES string of the molecule is CC(=O)NC1(N2CCOC(Cl)C2)CC1. The molecular formula is C9H15ClN2O2. The quantitative estimate of drug-likeness (QED) is 0.687. The van der Waals surface area contributed by atoms with E-state index in [9.17, 15) is 4.79 Å². The fourth-order valence-corrected chi connectivity index (χ4v) is 2.22. The number of nitrogens with one attached hydrogen (secondary N) is 1. The van der Waals surface area contributed by atoms with Crippen molar-refractivity contribution in [3.8, 4) is 0 Å². The highest BCUT2D eigenvalue weighted by molar-refractivity contribution is 6.19. The monoisotopic (exact) mass is 218 g/mol. The molecular weight excluding hydrogens is 204 g/mol. The van der Waals surface area contributed by atoms with Crippen LogP contribution in [0.5, 0.6) is 0 Å². The number of carbonyl (C=O) groups is 1. The van der Waals surface area contributed by atoms with Gasteiger partial charge < -0.3 is 10.1 Å². The van der Waals surface area contributed by atoms with E-state index in [0.717, 1.165) is 19.4 Å². The van der Waals surface area contributed by atoms with E-state index in [2.05, 4.69) is 10.2 Å². The van der Waals surface area contributed by atoms with Gasteiger partial charge in [0.25, 0.3) is 0 Å². The van der Waals surface area contributed by atoms with E-state index in [1.54, 1.807) is 6.92 Å². The van der Waals surface area contributed by atoms with Gasteiger partial charge in [0.05, 0.1) is 12.3 Å².